The number of hydrogen-bond acceptors (Lipinski definition) is 6. The molecule has 1 aliphatic heterocycles. The molecule has 0 fully saturated rings. The monoisotopic (exact) mass is 386 g/mol. The third-order valence-corrected chi connectivity index (χ3v) is 5.38. The van der Waals surface area contributed by atoms with Crippen LogP contribution in [0.15, 0.2) is 64.5 Å². The van der Waals surface area contributed by atoms with E-state index in [0.29, 0.717) is 11.1 Å². The third kappa shape index (κ3) is 4.22. The van der Waals surface area contributed by atoms with Crippen LogP contribution in [-0.2, 0) is 19.6 Å². The minimum atomic E-state index is -3.61. The van der Waals surface area contributed by atoms with Gasteiger partial charge in [-0.15, -0.1) is 0 Å². The molecule has 2 aromatic rings. The number of rotatable bonds is 6. The van der Waals surface area contributed by atoms with Crippen molar-refractivity contribution in [3.8, 4) is 0 Å². The zero-order valence-corrected chi connectivity index (χ0v) is 15.4. The predicted molar refractivity (Wildman–Crippen MR) is 99.1 cm³/mol. The Labute approximate surface area is 157 Å². The lowest BCUT2D eigenvalue weighted by molar-refractivity contribution is -0.146. The van der Waals surface area contributed by atoms with E-state index in [1.54, 1.807) is 48.5 Å². The SMILES string of the molecule is C[C@@H](OC(=O)CCN=C1NS(=O)(=O)c2ccccc21)C(=O)c1ccccc1. The number of carbonyl (C=O) groups is 2. The van der Waals surface area contributed by atoms with Crippen molar-refractivity contribution in [2.45, 2.75) is 24.3 Å². The molecule has 3 rings (SSSR count). The van der Waals surface area contributed by atoms with Crippen molar-refractivity contribution in [2.75, 3.05) is 6.54 Å². The van der Waals surface area contributed by atoms with Crippen LogP contribution in [0, 0.1) is 0 Å². The summed E-state index contributed by atoms with van der Waals surface area (Å²) in [4.78, 5) is 28.5. The molecule has 0 radical (unpaired) electrons. The molecule has 1 heterocycles. The highest BCUT2D eigenvalue weighted by molar-refractivity contribution is 7.90. The summed E-state index contributed by atoms with van der Waals surface area (Å²) in [5, 5.41) is 0. The number of Topliss-reactive ketones (excluding diaryl/α,β-unsaturated/α-hetero) is 1. The van der Waals surface area contributed by atoms with E-state index in [1.807, 2.05) is 0 Å². The van der Waals surface area contributed by atoms with Gasteiger partial charge in [0.1, 0.15) is 5.84 Å². The van der Waals surface area contributed by atoms with Crippen molar-refractivity contribution in [3.63, 3.8) is 0 Å². The average Bonchev–Trinajstić information content (AvgIpc) is 2.92. The van der Waals surface area contributed by atoms with E-state index in [2.05, 4.69) is 9.71 Å². The Morgan fingerprint density at radius 2 is 1.74 bits per heavy atom. The van der Waals surface area contributed by atoms with E-state index in [-0.39, 0.29) is 29.5 Å². The van der Waals surface area contributed by atoms with Gasteiger partial charge in [-0.25, -0.2) is 8.42 Å². The van der Waals surface area contributed by atoms with Crippen LogP contribution in [0.3, 0.4) is 0 Å². The van der Waals surface area contributed by atoms with Crippen molar-refractivity contribution < 1.29 is 22.7 Å². The fraction of sp³-hybridized carbons (Fsp3) is 0.211. The molecule has 140 valence electrons. The molecule has 0 bridgehead atoms. The Balaban J connectivity index is 1.57. The zero-order valence-electron chi connectivity index (χ0n) is 14.6. The smallest absolute Gasteiger partial charge is 0.308 e. The van der Waals surface area contributed by atoms with Crippen LogP contribution in [0.25, 0.3) is 0 Å². The Morgan fingerprint density at radius 1 is 1.07 bits per heavy atom. The number of ketones is 1. The topological polar surface area (TPSA) is 102 Å². The molecule has 0 amide bonds. The fourth-order valence-electron chi connectivity index (χ4n) is 2.66. The van der Waals surface area contributed by atoms with E-state index < -0.39 is 22.1 Å². The van der Waals surface area contributed by atoms with Crippen LogP contribution in [0.5, 0.6) is 0 Å². The van der Waals surface area contributed by atoms with Crippen LogP contribution in [-0.4, -0.2) is 38.7 Å². The Hall–Kier alpha value is -3.00. The summed E-state index contributed by atoms with van der Waals surface area (Å²) in [5.74, 6) is -0.662. The second-order valence-electron chi connectivity index (χ2n) is 5.94. The van der Waals surface area contributed by atoms with Gasteiger partial charge in [-0.05, 0) is 19.1 Å². The number of sulfonamides is 1. The Kier molecular flexibility index (Phi) is 5.36. The summed E-state index contributed by atoms with van der Waals surface area (Å²) in [7, 11) is -3.61. The third-order valence-electron chi connectivity index (χ3n) is 3.98. The van der Waals surface area contributed by atoms with Crippen LogP contribution in [0.1, 0.15) is 29.3 Å². The molecule has 7 nitrogen and oxygen atoms in total. The summed E-state index contributed by atoms with van der Waals surface area (Å²) in [6.45, 7) is 1.55. The Bertz CT molecular complexity index is 1000. The Morgan fingerprint density at radius 3 is 2.48 bits per heavy atom. The first-order valence-corrected chi connectivity index (χ1v) is 9.82. The van der Waals surface area contributed by atoms with Crippen LogP contribution in [0.2, 0.25) is 0 Å². The molecule has 1 N–H and O–H groups in total. The molecular formula is C19H18N2O5S. The average molecular weight is 386 g/mol. The highest BCUT2D eigenvalue weighted by Gasteiger charge is 2.30. The number of ether oxygens (including phenoxy) is 1. The number of fused-ring (bicyclic) bond motifs is 1. The summed E-state index contributed by atoms with van der Waals surface area (Å²) >= 11 is 0. The number of nitrogens with one attached hydrogen (secondary N) is 1. The van der Waals surface area contributed by atoms with Crippen molar-refractivity contribution in [2.24, 2.45) is 4.99 Å². The summed E-state index contributed by atoms with van der Waals surface area (Å²) < 4.78 is 31.5. The van der Waals surface area contributed by atoms with Crippen molar-refractivity contribution >= 4 is 27.6 Å². The second kappa shape index (κ2) is 7.71. The van der Waals surface area contributed by atoms with Gasteiger partial charge in [-0.1, -0.05) is 42.5 Å². The van der Waals surface area contributed by atoms with Crippen LogP contribution in [0.4, 0.5) is 0 Å². The van der Waals surface area contributed by atoms with Crippen LogP contribution >= 0.6 is 0 Å². The molecule has 8 heteroatoms. The second-order valence-corrected chi connectivity index (χ2v) is 7.60. The molecule has 1 atom stereocenters. The number of nitrogens with zero attached hydrogens (tertiary/aromatic N) is 1. The van der Waals surface area contributed by atoms with Gasteiger partial charge in [-0.3, -0.25) is 19.3 Å². The molecule has 27 heavy (non-hydrogen) atoms. The molecule has 1 aliphatic rings. The lowest BCUT2D eigenvalue weighted by atomic mass is 10.1. The van der Waals surface area contributed by atoms with E-state index in [0.717, 1.165) is 0 Å². The summed E-state index contributed by atoms with van der Waals surface area (Å²) in [6, 6.07) is 15.0. The maximum absolute atomic E-state index is 12.2. The fourth-order valence-corrected chi connectivity index (χ4v) is 3.91. The maximum Gasteiger partial charge on any atom is 0.308 e. The lowest BCUT2D eigenvalue weighted by Crippen LogP contribution is -2.25. The van der Waals surface area contributed by atoms with Crippen molar-refractivity contribution in [1.29, 1.82) is 0 Å². The number of benzene rings is 2. The number of aliphatic imine (C=N–C) groups is 1. The van der Waals surface area contributed by atoms with Gasteiger partial charge in [0, 0.05) is 11.1 Å². The van der Waals surface area contributed by atoms with Crippen molar-refractivity contribution in [3.05, 3.63) is 65.7 Å². The number of hydrogen-bond donors (Lipinski definition) is 1. The highest BCUT2D eigenvalue weighted by Crippen LogP contribution is 2.22. The minimum absolute atomic E-state index is 0.0390. The molecule has 0 aromatic heterocycles. The van der Waals surface area contributed by atoms with E-state index >= 15 is 0 Å². The van der Waals surface area contributed by atoms with E-state index in [4.69, 9.17) is 4.74 Å². The largest absolute Gasteiger partial charge is 0.454 e. The van der Waals surface area contributed by atoms with Crippen LogP contribution < -0.4 is 4.72 Å². The predicted octanol–water partition coefficient (Wildman–Crippen LogP) is 1.93. The molecule has 0 saturated heterocycles. The standard InChI is InChI=1S/C19H18N2O5S/c1-13(18(23)14-7-3-2-4-8-14)26-17(22)11-12-20-19-15-9-5-6-10-16(15)27(24,25)21-19/h2-10,13H,11-12H2,1H3,(H,20,21)/t13-/m1/s1. The van der Waals surface area contributed by atoms with Gasteiger partial charge in [0.2, 0.25) is 5.78 Å². The quantitative estimate of drug-likeness (QED) is 0.604. The summed E-state index contributed by atoms with van der Waals surface area (Å²) in [6.07, 6.45) is -0.974. The first-order valence-electron chi connectivity index (χ1n) is 8.34. The molecule has 0 spiro atoms. The number of esters is 1. The van der Waals surface area contributed by atoms with E-state index in [9.17, 15) is 18.0 Å². The highest BCUT2D eigenvalue weighted by atomic mass is 32.2. The van der Waals surface area contributed by atoms with Gasteiger partial charge >= 0.3 is 5.97 Å². The normalized spacial score (nSPS) is 17.0. The lowest BCUT2D eigenvalue weighted by Gasteiger charge is -2.11. The minimum Gasteiger partial charge on any atom is -0.454 e. The number of amidine groups is 1. The maximum atomic E-state index is 12.2. The van der Waals surface area contributed by atoms with Gasteiger partial charge in [0.15, 0.2) is 6.10 Å². The first kappa shape index (κ1) is 18.8. The zero-order chi connectivity index (χ0) is 19.4. The molecule has 2 aromatic carbocycles. The van der Waals surface area contributed by atoms with Crippen molar-refractivity contribution in [1.82, 2.24) is 4.72 Å². The number of carbonyl (C=O) groups excluding carboxylic acids is 2. The molecular weight excluding hydrogens is 368 g/mol. The van der Waals surface area contributed by atoms with E-state index in [1.165, 1.54) is 13.0 Å². The van der Waals surface area contributed by atoms with Gasteiger partial charge in [0.25, 0.3) is 10.0 Å². The molecule has 0 saturated carbocycles. The van der Waals surface area contributed by atoms with Gasteiger partial charge in [0.05, 0.1) is 17.9 Å². The van der Waals surface area contributed by atoms with Gasteiger partial charge < -0.3 is 4.74 Å². The van der Waals surface area contributed by atoms with Gasteiger partial charge in [-0.2, -0.15) is 0 Å². The molecule has 0 unspecified atom stereocenters. The molecule has 0 aliphatic carbocycles. The first-order chi connectivity index (χ1) is 12.9. The summed E-state index contributed by atoms with van der Waals surface area (Å²) in [5.41, 5.74) is 0.938.